The second-order valence-electron chi connectivity index (χ2n) is 1.68. The van der Waals surface area contributed by atoms with Gasteiger partial charge in [-0.3, -0.25) is 4.79 Å². The van der Waals surface area contributed by atoms with Gasteiger partial charge in [-0.05, 0) is 6.26 Å². The lowest BCUT2D eigenvalue weighted by Crippen LogP contribution is -2.08. The number of hydrogen-bond acceptors (Lipinski definition) is 4. The van der Waals surface area contributed by atoms with Crippen molar-refractivity contribution < 1.29 is 4.79 Å². The predicted octanol–water partition coefficient (Wildman–Crippen LogP) is 0.660. The Hall–Kier alpha value is -0.840. The molecule has 54 valence electrons. The quantitative estimate of drug-likeness (QED) is 0.562. The summed E-state index contributed by atoms with van der Waals surface area (Å²) in [6.45, 7) is 1.45. The number of hydrogen-bond donors (Lipinski definition) is 0. The van der Waals surface area contributed by atoms with Crippen molar-refractivity contribution in [3.05, 3.63) is 6.33 Å². The lowest BCUT2D eigenvalue weighted by atomic mass is 10.7. The van der Waals surface area contributed by atoms with E-state index >= 15 is 0 Å². The zero-order chi connectivity index (χ0) is 7.56. The summed E-state index contributed by atoms with van der Waals surface area (Å²) in [5.74, 6) is -0.109. The van der Waals surface area contributed by atoms with Crippen molar-refractivity contribution in [1.29, 1.82) is 0 Å². The first kappa shape index (κ1) is 7.27. The summed E-state index contributed by atoms with van der Waals surface area (Å²) >= 11 is 1.40. The van der Waals surface area contributed by atoms with Crippen molar-refractivity contribution >= 4 is 17.7 Å². The van der Waals surface area contributed by atoms with Gasteiger partial charge in [0.2, 0.25) is 5.91 Å². The predicted molar refractivity (Wildman–Crippen MR) is 38.1 cm³/mol. The summed E-state index contributed by atoms with van der Waals surface area (Å²) in [4.78, 5) is 14.6. The molecular weight excluding hydrogens is 150 g/mol. The van der Waals surface area contributed by atoms with Crippen molar-refractivity contribution in [2.24, 2.45) is 0 Å². The van der Waals surface area contributed by atoms with Crippen LogP contribution < -0.4 is 0 Å². The topological polar surface area (TPSA) is 47.8 Å². The summed E-state index contributed by atoms with van der Waals surface area (Å²) in [5, 5.41) is 4.35. The molecule has 0 aromatic carbocycles. The molecular formula is C5H7N3OS. The minimum absolute atomic E-state index is 0.109. The number of nitrogens with zero attached hydrogens (tertiary/aromatic N) is 3. The van der Waals surface area contributed by atoms with E-state index in [0.717, 1.165) is 0 Å². The fourth-order valence-corrected chi connectivity index (χ4v) is 1.09. The van der Waals surface area contributed by atoms with Gasteiger partial charge in [-0.2, -0.15) is 9.78 Å². The molecule has 0 aliphatic rings. The van der Waals surface area contributed by atoms with E-state index in [1.807, 2.05) is 6.26 Å². The fourth-order valence-electron chi connectivity index (χ4n) is 0.586. The maximum Gasteiger partial charge on any atom is 0.246 e. The first-order chi connectivity index (χ1) is 4.75. The van der Waals surface area contributed by atoms with Crippen LogP contribution in [0, 0.1) is 0 Å². The largest absolute Gasteiger partial charge is 0.273 e. The number of aromatic nitrogens is 3. The molecule has 1 aromatic heterocycles. The summed E-state index contributed by atoms with van der Waals surface area (Å²) in [6, 6.07) is 0. The third-order valence-corrected chi connectivity index (χ3v) is 1.64. The van der Waals surface area contributed by atoms with E-state index in [-0.39, 0.29) is 5.91 Å². The van der Waals surface area contributed by atoms with Gasteiger partial charge >= 0.3 is 0 Å². The lowest BCUT2D eigenvalue weighted by Gasteiger charge is -1.94. The monoisotopic (exact) mass is 157 g/mol. The van der Waals surface area contributed by atoms with E-state index in [0.29, 0.717) is 5.16 Å². The number of thioether (sulfide) groups is 1. The highest BCUT2D eigenvalue weighted by molar-refractivity contribution is 7.98. The van der Waals surface area contributed by atoms with Crippen molar-refractivity contribution in [3.8, 4) is 0 Å². The van der Waals surface area contributed by atoms with Crippen molar-refractivity contribution in [2.75, 3.05) is 6.26 Å². The van der Waals surface area contributed by atoms with Crippen LogP contribution in [-0.2, 0) is 0 Å². The zero-order valence-electron chi connectivity index (χ0n) is 5.74. The van der Waals surface area contributed by atoms with Gasteiger partial charge in [-0.25, -0.2) is 4.98 Å². The zero-order valence-corrected chi connectivity index (χ0v) is 6.55. The van der Waals surface area contributed by atoms with Crippen LogP contribution in [0.2, 0.25) is 0 Å². The summed E-state index contributed by atoms with van der Waals surface area (Å²) in [6.07, 6.45) is 3.22. The van der Waals surface area contributed by atoms with Crippen LogP contribution in [0.5, 0.6) is 0 Å². The minimum atomic E-state index is -0.109. The Kier molecular flexibility index (Phi) is 2.06. The number of carbonyl (C=O) groups is 1. The Morgan fingerprint density at radius 3 is 2.90 bits per heavy atom. The molecule has 0 aliphatic carbocycles. The molecule has 0 saturated heterocycles. The molecule has 10 heavy (non-hydrogen) atoms. The maximum atomic E-state index is 10.7. The Balaban J connectivity index is 3.01. The van der Waals surface area contributed by atoms with E-state index in [2.05, 4.69) is 10.1 Å². The van der Waals surface area contributed by atoms with Crippen LogP contribution >= 0.6 is 11.8 Å². The second kappa shape index (κ2) is 2.83. The second-order valence-corrected chi connectivity index (χ2v) is 2.45. The van der Waals surface area contributed by atoms with E-state index in [4.69, 9.17) is 0 Å². The van der Waals surface area contributed by atoms with Crippen molar-refractivity contribution in [1.82, 2.24) is 14.8 Å². The molecule has 0 bridgehead atoms. The van der Waals surface area contributed by atoms with E-state index in [9.17, 15) is 4.79 Å². The van der Waals surface area contributed by atoms with Gasteiger partial charge < -0.3 is 0 Å². The summed E-state index contributed by atoms with van der Waals surface area (Å²) in [5.41, 5.74) is 0. The molecule has 0 saturated carbocycles. The molecule has 0 spiro atoms. The standard InChI is InChI=1S/C5H7N3OS/c1-4(9)8-5(10-2)6-3-7-8/h3H,1-2H3. The Morgan fingerprint density at radius 2 is 2.50 bits per heavy atom. The molecule has 1 heterocycles. The van der Waals surface area contributed by atoms with Gasteiger partial charge in [-0.1, -0.05) is 11.8 Å². The molecule has 5 heteroatoms. The maximum absolute atomic E-state index is 10.7. The molecule has 0 aliphatic heterocycles. The average molecular weight is 157 g/mol. The molecule has 1 rings (SSSR count). The fraction of sp³-hybridized carbons (Fsp3) is 0.400. The normalized spacial score (nSPS) is 9.80. The van der Waals surface area contributed by atoms with Crippen LogP contribution in [0.3, 0.4) is 0 Å². The summed E-state index contributed by atoms with van der Waals surface area (Å²) < 4.78 is 1.27. The Labute approximate surface area is 62.6 Å². The van der Waals surface area contributed by atoms with Gasteiger partial charge in [-0.15, -0.1) is 0 Å². The first-order valence-electron chi connectivity index (χ1n) is 2.70. The van der Waals surface area contributed by atoms with Crippen LogP contribution in [0.15, 0.2) is 11.5 Å². The molecule has 0 amide bonds. The Bertz CT molecular complexity index is 245. The van der Waals surface area contributed by atoms with Gasteiger partial charge in [0, 0.05) is 6.92 Å². The molecule has 0 fully saturated rings. The third-order valence-electron chi connectivity index (χ3n) is 0.997. The first-order valence-corrected chi connectivity index (χ1v) is 3.93. The minimum Gasteiger partial charge on any atom is -0.273 e. The molecule has 0 atom stereocenters. The molecule has 1 aromatic rings. The lowest BCUT2D eigenvalue weighted by molar-refractivity contribution is 0.0909. The van der Waals surface area contributed by atoms with Gasteiger partial charge in [0.1, 0.15) is 6.33 Å². The van der Waals surface area contributed by atoms with Gasteiger partial charge in [0.15, 0.2) is 5.16 Å². The van der Waals surface area contributed by atoms with Crippen LogP contribution in [-0.4, -0.2) is 26.9 Å². The van der Waals surface area contributed by atoms with Crippen LogP contribution in [0.25, 0.3) is 0 Å². The Morgan fingerprint density at radius 1 is 1.80 bits per heavy atom. The highest BCUT2D eigenvalue weighted by atomic mass is 32.2. The van der Waals surface area contributed by atoms with Crippen molar-refractivity contribution in [2.45, 2.75) is 12.1 Å². The number of rotatable bonds is 1. The van der Waals surface area contributed by atoms with Crippen LogP contribution in [0.1, 0.15) is 11.7 Å². The highest BCUT2D eigenvalue weighted by Gasteiger charge is 2.04. The van der Waals surface area contributed by atoms with E-state index in [1.54, 1.807) is 0 Å². The average Bonchev–Trinajstić information content (AvgIpc) is 2.33. The van der Waals surface area contributed by atoms with Gasteiger partial charge in [0.05, 0.1) is 0 Å². The van der Waals surface area contributed by atoms with E-state index < -0.39 is 0 Å². The molecule has 0 radical (unpaired) electrons. The third kappa shape index (κ3) is 1.18. The summed E-state index contributed by atoms with van der Waals surface area (Å²) in [7, 11) is 0. The number of carbonyl (C=O) groups excluding carboxylic acids is 1. The highest BCUT2D eigenvalue weighted by Crippen LogP contribution is 2.08. The van der Waals surface area contributed by atoms with E-state index in [1.165, 1.54) is 29.7 Å². The molecule has 0 N–H and O–H groups in total. The molecule has 4 nitrogen and oxygen atoms in total. The van der Waals surface area contributed by atoms with Crippen molar-refractivity contribution in [3.63, 3.8) is 0 Å². The van der Waals surface area contributed by atoms with Gasteiger partial charge in [0.25, 0.3) is 0 Å². The smallest absolute Gasteiger partial charge is 0.246 e. The van der Waals surface area contributed by atoms with Crippen LogP contribution in [0.4, 0.5) is 0 Å². The molecule has 0 unspecified atom stereocenters. The SMILES string of the molecule is CSc1ncnn1C(C)=O.